The van der Waals surface area contributed by atoms with E-state index in [4.69, 9.17) is 8.85 Å². The van der Waals surface area contributed by atoms with Gasteiger partial charge in [-0.2, -0.15) is 0 Å². The van der Waals surface area contributed by atoms with Crippen molar-refractivity contribution in [3.8, 4) is 0 Å². The molecule has 4 rings (SSSR count). The molecule has 4 aliphatic rings. The summed E-state index contributed by atoms with van der Waals surface area (Å²) in [6.07, 6.45) is 8.90. The van der Waals surface area contributed by atoms with Crippen LogP contribution >= 0.6 is 0 Å². The van der Waals surface area contributed by atoms with Crippen LogP contribution in [0.25, 0.3) is 0 Å². The van der Waals surface area contributed by atoms with Crippen LogP contribution in [-0.2, 0) is 18.7 Å². The molecule has 0 saturated heterocycles. The lowest BCUT2D eigenvalue weighted by molar-refractivity contribution is 0.0688. The summed E-state index contributed by atoms with van der Waals surface area (Å²) >= 11 is 0. The van der Waals surface area contributed by atoms with Crippen LogP contribution in [0.5, 0.6) is 0 Å². The fourth-order valence-electron chi connectivity index (χ4n) is 8.13. The Labute approximate surface area is 260 Å². The number of aliphatic hydroxyl groups is 1. The maximum atomic E-state index is 14.1. The molecule has 242 valence electrons. The van der Waals surface area contributed by atoms with Gasteiger partial charge in [0.05, 0.1) is 18.0 Å². The normalized spacial score (nSPS) is 35.8. The fourth-order valence-corrected chi connectivity index (χ4v) is 12.8. The van der Waals surface area contributed by atoms with E-state index in [1.54, 1.807) is 0 Å². The van der Waals surface area contributed by atoms with Gasteiger partial charge in [-0.25, -0.2) is 8.42 Å². The molecule has 0 amide bonds. The van der Waals surface area contributed by atoms with E-state index in [0.717, 1.165) is 43.3 Å². The van der Waals surface area contributed by atoms with Gasteiger partial charge in [0.2, 0.25) is 0 Å². The van der Waals surface area contributed by atoms with Gasteiger partial charge in [0.25, 0.3) is 0 Å². The number of rotatable bonds is 7. The van der Waals surface area contributed by atoms with E-state index in [-0.39, 0.29) is 46.0 Å². The zero-order valence-corrected chi connectivity index (χ0v) is 31.7. The molecular formula is C34H62O5SSi2. The van der Waals surface area contributed by atoms with E-state index in [2.05, 4.69) is 87.7 Å². The van der Waals surface area contributed by atoms with E-state index in [1.807, 2.05) is 0 Å². The van der Waals surface area contributed by atoms with Crippen molar-refractivity contribution in [1.29, 1.82) is 0 Å². The van der Waals surface area contributed by atoms with Gasteiger partial charge in [0.15, 0.2) is 26.5 Å². The van der Waals surface area contributed by atoms with Gasteiger partial charge in [-0.1, -0.05) is 67.0 Å². The Bertz CT molecular complexity index is 1190. The molecule has 0 radical (unpaired) electrons. The van der Waals surface area contributed by atoms with Crippen LogP contribution in [0.2, 0.25) is 36.3 Å². The average Bonchev–Trinajstić information content (AvgIpc) is 3.31. The van der Waals surface area contributed by atoms with Crippen molar-refractivity contribution < 1.29 is 22.4 Å². The Hall–Kier alpha value is -0.256. The van der Waals surface area contributed by atoms with Crippen molar-refractivity contribution in [3.63, 3.8) is 0 Å². The van der Waals surface area contributed by atoms with Crippen LogP contribution < -0.4 is 0 Å². The molecule has 0 unspecified atom stereocenters. The van der Waals surface area contributed by atoms with E-state index >= 15 is 0 Å². The minimum atomic E-state index is -3.37. The van der Waals surface area contributed by atoms with Crippen molar-refractivity contribution in [3.05, 3.63) is 22.8 Å². The molecule has 0 spiro atoms. The largest absolute Gasteiger partial charge is 0.414 e. The molecule has 42 heavy (non-hydrogen) atoms. The highest BCUT2D eigenvalue weighted by atomic mass is 32.2. The van der Waals surface area contributed by atoms with E-state index in [9.17, 15) is 13.5 Å². The SMILES string of the molecule is C[C@H](CO)[C@H]1CC[C@H]2/C(=C/[C@H]3C4=C(CS3(=O)=O)[C@@H](O[Si](C)(C)C(C)(C)C)C[C@H](O[Si](C)(C)C(C)(C)C)C4)CCC[C@]12C. The molecular weight excluding hydrogens is 577 g/mol. The molecule has 8 heteroatoms. The van der Waals surface area contributed by atoms with Crippen molar-refractivity contribution in [2.45, 2.75) is 154 Å². The maximum Gasteiger partial charge on any atom is 0.192 e. The fraction of sp³-hybridized carbons (Fsp3) is 0.882. The maximum absolute atomic E-state index is 14.1. The van der Waals surface area contributed by atoms with Gasteiger partial charge < -0.3 is 14.0 Å². The molecule has 1 heterocycles. The molecule has 5 nitrogen and oxygen atoms in total. The van der Waals surface area contributed by atoms with Crippen molar-refractivity contribution in [1.82, 2.24) is 0 Å². The quantitative estimate of drug-likeness (QED) is 0.224. The third-order valence-corrected chi connectivity index (χ3v) is 23.6. The second-order valence-electron chi connectivity index (χ2n) is 17.6. The Morgan fingerprint density at radius 2 is 1.60 bits per heavy atom. The second kappa shape index (κ2) is 11.5. The highest BCUT2D eigenvalue weighted by Crippen LogP contribution is 2.60. The summed E-state index contributed by atoms with van der Waals surface area (Å²) in [4.78, 5) is 0. The molecule has 2 saturated carbocycles. The summed E-state index contributed by atoms with van der Waals surface area (Å²) in [5, 5.41) is 9.55. The van der Waals surface area contributed by atoms with Crippen molar-refractivity contribution in [2.24, 2.45) is 23.2 Å². The highest BCUT2D eigenvalue weighted by molar-refractivity contribution is 7.92. The van der Waals surface area contributed by atoms with Gasteiger partial charge in [-0.3, -0.25) is 0 Å². The average molecular weight is 639 g/mol. The number of sulfone groups is 1. The van der Waals surface area contributed by atoms with Gasteiger partial charge in [-0.15, -0.1) is 0 Å². The first-order valence-corrected chi connectivity index (χ1v) is 24.2. The van der Waals surface area contributed by atoms with Crippen molar-refractivity contribution >= 4 is 26.5 Å². The number of aliphatic hydroxyl groups excluding tert-OH is 1. The predicted molar refractivity (Wildman–Crippen MR) is 180 cm³/mol. The van der Waals surface area contributed by atoms with Crippen LogP contribution in [-0.4, -0.2) is 60.0 Å². The molecule has 2 fully saturated rings. The standard InChI is InChI=1S/C34H62O5SSi2/c1-23(21-35)28-15-16-29-24(14-13-17-34(28,29)8)18-31-26-19-25(38-41(9,10)32(2,3)4)20-30(27(26)22-40(31,36)37)39-42(11,12)33(5,6)7/h18,23,25,28-31,35H,13-17,19-22H2,1-12H3/b24-18+/t23-,25-,28-,29+,30+,31+,34-/m1/s1. The van der Waals surface area contributed by atoms with E-state index < -0.39 is 31.7 Å². The molecule has 0 aromatic rings. The Kier molecular flexibility index (Phi) is 9.49. The Balaban J connectivity index is 1.74. The molecule has 3 aliphatic carbocycles. The molecule has 1 N–H and O–H groups in total. The minimum absolute atomic E-state index is 0.0218. The van der Waals surface area contributed by atoms with Gasteiger partial charge in [0.1, 0.15) is 5.25 Å². The summed E-state index contributed by atoms with van der Waals surface area (Å²) in [6.45, 7) is 27.6. The Morgan fingerprint density at radius 1 is 1.00 bits per heavy atom. The Morgan fingerprint density at radius 3 is 2.17 bits per heavy atom. The number of allylic oxidation sites excluding steroid dienone is 1. The lowest BCUT2D eigenvalue weighted by Gasteiger charge is -2.45. The van der Waals surface area contributed by atoms with E-state index in [1.165, 1.54) is 12.0 Å². The van der Waals surface area contributed by atoms with Gasteiger partial charge in [-0.05, 0) is 109 Å². The van der Waals surface area contributed by atoms with Crippen LogP contribution in [0.15, 0.2) is 22.8 Å². The first-order valence-electron chi connectivity index (χ1n) is 16.6. The van der Waals surface area contributed by atoms with Crippen molar-refractivity contribution in [2.75, 3.05) is 12.4 Å². The lowest BCUT2D eigenvalue weighted by atomic mass is 9.61. The van der Waals surface area contributed by atoms with Gasteiger partial charge in [0, 0.05) is 13.0 Å². The number of fused-ring (bicyclic) bond motifs is 1. The topological polar surface area (TPSA) is 72.8 Å². The zero-order chi connectivity index (χ0) is 31.7. The summed E-state index contributed by atoms with van der Waals surface area (Å²) < 4.78 is 42.2. The molecule has 0 bridgehead atoms. The third kappa shape index (κ3) is 6.37. The summed E-state index contributed by atoms with van der Waals surface area (Å²) in [5.74, 6) is 1.30. The summed E-state index contributed by atoms with van der Waals surface area (Å²) in [6, 6.07) is 0. The predicted octanol–water partition coefficient (Wildman–Crippen LogP) is 8.43. The first kappa shape index (κ1) is 34.6. The molecule has 1 aliphatic heterocycles. The van der Waals surface area contributed by atoms with E-state index in [0.29, 0.717) is 18.3 Å². The highest BCUT2D eigenvalue weighted by Gasteiger charge is 2.53. The minimum Gasteiger partial charge on any atom is -0.414 e. The zero-order valence-electron chi connectivity index (χ0n) is 28.9. The monoisotopic (exact) mass is 638 g/mol. The summed E-state index contributed by atoms with van der Waals surface area (Å²) in [5.41, 5.74) is 3.61. The number of hydrogen-bond acceptors (Lipinski definition) is 5. The summed E-state index contributed by atoms with van der Waals surface area (Å²) in [7, 11) is -7.58. The van der Waals surface area contributed by atoms with Crippen LogP contribution in [0.3, 0.4) is 0 Å². The third-order valence-electron chi connectivity index (χ3n) is 12.7. The molecule has 0 aromatic heterocycles. The lowest BCUT2D eigenvalue weighted by Crippen LogP contribution is -2.49. The van der Waals surface area contributed by atoms with Crippen LogP contribution in [0.4, 0.5) is 0 Å². The molecule has 0 aromatic carbocycles. The molecule has 7 atom stereocenters. The first-order chi connectivity index (χ1) is 19.0. The second-order valence-corrected chi connectivity index (χ2v) is 29.2. The van der Waals surface area contributed by atoms with Crippen LogP contribution in [0, 0.1) is 23.2 Å². The van der Waals surface area contributed by atoms with Crippen LogP contribution in [0.1, 0.15) is 100 Å². The number of hydrogen-bond donors (Lipinski definition) is 1. The smallest absolute Gasteiger partial charge is 0.192 e. The van der Waals surface area contributed by atoms with Gasteiger partial charge >= 0.3 is 0 Å².